The highest BCUT2D eigenvalue weighted by atomic mass is 16.7. The molecule has 0 unspecified atom stereocenters. The van der Waals surface area contributed by atoms with E-state index in [4.69, 9.17) is 9.31 Å². The van der Waals surface area contributed by atoms with Crippen LogP contribution in [-0.2, 0) is 14.0 Å². The van der Waals surface area contributed by atoms with E-state index in [1.165, 1.54) is 19.4 Å². The van der Waals surface area contributed by atoms with Gasteiger partial charge in [0, 0.05) is 17.7 Å². The summed E-state index contributed by atoms with van der Waals surface area (Å²) in [5.41, 5.74) is -0.951. The summed E-state index contributed by atoms with van der Waals surface area (Å²) in [5.74, 6) is -0.595. The average molecular weight is 279 g/mol. The van der Waals surface area contributed by atoms with Crippen LogP contribution in [0.15, 0.2) is 17.1 Å². The Hall–Kier alpha value is -1.60. The van der Waals surface area contributed by atoms with Crippen molar-refractivity contribution in [2.75, 3.05) is 7.11 Å². The molecule has 0 aliphatic carbocycles. The molecule has 0 radical (unpaired) electrons. The highest BCUT2D eigenvalue weighted by Gasteiger charge is 2.52. The SMILES string of the molecule is COC(=O)c1cc(=O)c(B2OC(C)(C)C(C)(C)O2)c[nH]1. The van der Waals surface area contributed by atoms with Gasteiger partial charge in [0.05, 0.1) is 18.3 Å². The highest BCUT2D eigenvalue weighted by molar-refractivity contribution is 6.61. The Bertz CT molecular complexity index is 577. The van der Waals surface area contributed by atoms with Gasteiger partial charge in [-0.15, -0.1) is 0 Å². The number of esters is 1. The van der Waals surface area contributed by atoms with E-state index >= 15 is 0 Å². The molecule has 108 valence electrons. The number of carbonyl (C=O) groups is 1. The number of carbonyl (C=O) groups excluding carboxylic acids is 1. The van der Waals surface area contributed by atoms with E-state index in [0.717, 1.165) is 0 Å². The zero-order valence-corrected chi connectivity index (χ0v) is 12.3. The van der Waals surface area contributed by atoms with Crippen LogP contribution < -0.4 is 10.9 Å². The van der Waals surface area contributed by atoms with Crippen LogP contribution in [0, 0.1) is 0 Å². The number of rotatable bonds is 2. The van der Waals surface area contributed by atoms with Gasteiger partial charge in [0.15, 0.2) is 5.43 Å². The minimum absolute atomic E-state index is 0.0952. The van der Waals surface area contributed by atoms with Gasteiger partial charge in [-0.25, -0.2) is 4.79 Å². The van der Waals surface area contributed by atoms with Crippen LogP contribution in [0.4, 0.5) is 0 Å². The lowest BCUT2D eigenvalue weighted by atomic mass is 9.80. The first kappa shape index (κ1) is 14.8. The molecule has 1 fully saturated rings. The van der Waals surface area contributed by atoms with E-state index < -0.39 is 24.3 Å². The van der Waals surface area contributed by atoms with Crippen molar-refractivity contribution >= 4 is 18.6 Å². The third-order valence-electron chi connectivity index (χ3n) is 3.86. The summed E-state index contributed by atoms with van der Waals surface area (Å²) in [6.45, 7) is 7.63. The predicted molar refractivity (Wildman–Crippen MR) is 74.1 cm³/mol. The Labute approximate surface area is 117 Å². The van der Waals surface area contributed by atoms with E-state index in [2.05, 4.69) is 9.72 Å². The van der Waals surface area contributed by atoms with Crippen molar-refractivity contribution in [1.29, 1.82) is 0 Å². The van der Waals surface area contributed by atoms with Crippen molar-refractivity contribution in [2.24, 2.45) is 0 Å². The minimum atomic E-state index is -0.754. The average Bonchev–Trinajstić information content (AvgIpc) is 2.57. The molecule has 20 heavy (non-hydrogen) atoms. The fraction of sp³-hybridized carbons (Fsp3) is 0.538. The summed E-state index contributed by atoms with van der Waals surface area (Å²) in [7, 11) is 0.499. The molecule has 0 spiro atoms. The summed E-state index contributed by atoms with van der Waals surface area (Å²) < 4.78 is 16.1. The van der Waals surface area contributed by atoms with Crippen LogP contribution in [0.2, 0.25) is 0 Å². The number of pyridine rings is 1. The standard InChI is InChI=1S/C13H18BNO5/c1-12(2)13(3,4)20-14(19-12)8-7-15-9(6-10(8)16)11(17)18-5/h6-7H,1-5H3,(H,15,16). The minimum Gasteiger partial charge on any atom is -0.464 e. The Balaban J connectivity index is 2.32. The smallest absolute Gasteiger partial charge is 0.464 e. The van der Waals surface area contributed by atoms with E-state index in [-0.39, 0.29) is 11.1 Å². The van der Waals surface area contributed by atoms with Gasteiger partial charge in [0.25, 0.3) is 0 Å². The number of hydrogen-bond acceptors (Lipinski definition) is 5. The third-order valence-corrected chi connectivity index (χ3v) is 3.86. The quantitative estimate of drug-likeness (QED) is 0.628. The lowest BCUT2D eigenvalue weighted by Gasteiger charge is -2.32. The lowest BCUT2D eigenvalue weighted by Crippen LogP contribution is -2.44. The molecule has 0 bridgehead atoms. The van der Waals surface area contributed by atoms with E-state index in [0.29, 0.717) is 5.46 Å². The first-order valence-corrected chi connectivity index (χ1v) is 6.34. The third kappa shape index (κ3) is 2.38. The largest absolute Gasteiger partial charge is 0.500 e. The monoisotopic (exact) mass is 279 g/mol. The highest BCUT2D eigenvalue weighted by Crippen LogP contribution is 2.36. The maximum atomic E-state index is 12.1. The van der Waals surface area contributed by atoms with Crippen molar-refractivity contribution < 1.29 is 18.8 Å². The van der Waals surface area contributed by atoms with Crippen LogP contribution in [-0.4, -0.2) is 36.4 Å². The second-order valence-corrected chi connectivity index (χ2v) is 5.75. The molecular weight excluding hydrogens is 261 g/mol. The van der Waals surface area contributed by atoms with Gasteiger partial charge in [-0.2, -0.15) is 0 Å². The molecule has 0 amide bonds. The van der Waals surface area contributed by atoms with Gasteiger partial charge in [-0.05, 0) is 27.7 Å². The molecule has 0 aromatic carbocycles. The maximum Gasteiger partial charge on any atom is 0.500 e. The summed E-state index contributed by atoms with van der Waals surface area (Å²) in [6.07, 6.45) is 1.43. The maximum absolute atomic E-state index is 12.1. The molecule has 1 aliphatic heterocycles. The van der Waals surface area contributed by atoms with Gasteiger partial charge in [-0.3, -0.25) is 4.79 Å². The molecule has 1 N–H and O–H groups in total. The lowest BCUT2D eigenvalue weighted by molar-refractivity contribution is 0.00578. The molecule has 6 nitrogen and oxygen atoms in total. The summed E-state index contributed by atoms with van der Waals surface area (Å²) in [4.78, 5) is 26.2. The van der Waals surface area contributed by atoms with Crippen molar-refractivity contribution in [3.8, 4) is 0 Å². The molecule has 0 saturated carbocycles. The molecule has 7 heteroatoms. The number of aromatic nitrogens is 1. The van der Waals surface area contributed by atoms with Crippen molar-refractivity contribution in [3.05, 3.63) is 28.2 Å². The second-order valence-electron chi connectivity index (χ2n) is 5.75. The van der Waals surface area contributed by atoms with E-state index in [9.17, 15) is 9.59 Å². The van der Waals surface area contributed by atoms with Gasteiger partial charge in [0.2, 0.25) is 0 Å². The van der Waals surface area contributed by atoms with Crippen molar-refractivity contribution in [1.82, 2.24) is 4.98 Å². The number of H-pyrrole nitrogens is 1. The van der Waals surface area contributed by atoms with Gasteiger partial charge in [0.1, 0.15) is 5.69 Å². The fourth-order valence-corrected chi connectivity index (χ4v) is 1.86. The normalized spacial score (nSPS) is 19.9. The van der Waals surface area contributed by atoms with Crippen molar-refractivity contribution in [2.45, 2.75) is 38.9 Å². The predicted octanol–water partition coefficient (Wildman–Crippen LogP) is 0.461. The Kier molecular flexibility index (Phi) is 3.52. The molecule has 1 aliphatic rings. The molecule has 1 aromatic rings. The number of hydrogen-bond donors (Lipinski definition) is 1. The number of methoxy groups -OCH3 is 1. The number of nitrogens with one attached hydrogen (secondary N) is 1. The molecule has 2 rings (SSSR count). The Morgan fingerprint density at radius 3 is 2.25 bits per heavy atom. The zero-order valence-electron chi connectivity index (χ0n) is 12.3. The van der Waals surface area contributed by atoms with Crippen molar-refractivity contribution in [3.63, 3.8) is 0 Å². The summed E-state index contributed by atoms with van der Waals surface area (Å²) in [5, 5.41) is 0. The zero-order chi connectivity index (χ0) is 15.1. The van der Waals surface area contributed by atoms with Crippen LogP contribution in [0.1, 0.15) is 38.2 Å². The summed E-state index contributed by atoms with van der Waals surface area (Å²) >= 11 is 0. The van der Waals surface area contributed by atoms with Crippen LogP contribution in [0.25, 0.3) is 0 Å². The second kappa shape index (κ2) is 4.75. The van der Waals surface area contributed by atoms with Crippen LogP contribution >= 0.6 is 0 Å². The molecule has 1 aromatic heterocycles. The van der Waals surface area contributed by atoms with Crippen LogP contribution in [0.5, 0.6) is 0 Å². The molecule has 1 saturated heterocycles. The fourth-order valence-electron chi connectivity index (χ4n) is 1.86. The van der Waals surface area contributed by atoms with E-state index in [1.54, 1.807) is 0 Å². The number of aromatic amines is 1. The number of ether oxygens (including phenoxy) is 1. The summed E-state index contributed by atoms with van der Waals surface area (Å²) in [6, 6.07) is 1.19. The molecular formula is C13H18BNO5. The van der Waals surface area contributed by atoms with Gasteiger partial charge in [-0.1, -0.05) is 0 Å². The first-order valence-electron chi connectivity index (χ1n) is 6.34. The molecule has 0 atom stereocenters. The van der Waals surface area contributed by atoms with Gasteiger partial charge >= 0.3 is 13.1 Å². The van der Waals surface area contributed by atoms with Crippen LogP contribution in [0.3, 0.4) is 0 Å². The Morgan fingerprint density at radius 1 is 1.25 bits per heavy atom. The van der Waals surface area contributed by atoms with Gasteiger partial charge < -0.3 is 19.0 Å². The molecule has 2 heterocycles. The van der Waals surface area contributed by atoms with E-state index in [1.807, 2.05) is 27.7 Å². The Morgan fingerprint density at radius 2 is 1.80 bits per heavy atom. The topological polar surface area (TPSA) is 77.6 Å². The first-order chi connectivity index (χ1) is 9.18.